The molecule has 0 spiro atoms. The second-order valence-corrected chi connectivity index (χ2v) is 9.10. The SMILES string of the molecule is CCN(CC)S(=O)(=O)c1cccc(C(=O)NCc2cc(Cl)c3c(c2)OCCCO3)c1. The second-order valence-electron chi connectivity index (χ2n) is 6.76. The zero-order valence-electron chi connectivity index (χ0n) is 17.0. The van der Waals surface area contributed by atoms with Gasteiger partial charge < -0.3 is 14.8 Å². The normalized spacial score (nSPS) is 13.7. The smallest absolute Gasteiger partial charge is 0.251 e. The summed E-state index contributed by atoms with van der Waals surface area (Å²) < 4.78 is 38.0. The monoisotopic (exact) mass is 452 g/mol. The van der Waals surface area contributed by atoms with Gasteiger partial charge in [-0.15, -0.1) is 0 Å². The maximum absolute atomic E-state index is 12.7. The Morgan fingerprint density at radius 1 is 1.13 bits per heavy atom. The average molecular weight is 453 g/mol. The third-order valence-corrected chi connectivity index (χ3v) is 7.08. The van der Waals surface area contributed by atoms with Gasteiger partial charge in [-0.3, -0.25) is 4.79 Å². The molecule has 2 aromatic rings. The number of sulfonamides is 1. The molecule has 1 aliphatic heterocycles. The lowest BCUT2D eigenvalue weighted by atomic mass is 10.1. The topological polar surface area (TPSA) is 84.9 Å². The Bertz CT molecular complexity index is 1020. The van der Waals surface area contributed by atoms with Crippen LogP contribution in [0.1, 0.15) is 36.2 Å². The van der Waals surface area contributed by atoms with E-state index in [-0.39, 0.29) is 22.9 Å². The summed E-state index contributed by atoms with van der Waals surface area (Å²) in [5.74, 6) is 0.685. The molecular weight excluding hydrogens is 428 g/mol. The number of rotatable bonds is 7. The highest BCUT2D eigenvalue weighted by Gasteiger charge is 2.22. The van der Waals surface area contributed by atoms with Crippen LogP contribution in [0, 0.1) is 0 Å². The number of nitrogens with one attached hydrogen (secondary N) is 1. The van der Waals surface area contributed by atoms with E-state index in [4.69, 9.17) is 21.1 Å². The van der Waals surface area contributed by atoms with E-state index in [1.807, 2.05) is 0 Å². The molecule has 2 aromatic carbocycles. The average Bonchev–Trinajstić information content (AvgIpc) is 2.99. The van der Waals surface area contributed by atoms with Gasteiger partial charge in [0.05, 0.1) is 23.1 Å². The van der Waals surface area contributed by atoms with E-state index in [1.54, 1.807) is 38.1 Å². The van der Waals surface area contributed by atoms with Gasteiger partial charge in [-0.1, -0.05) is 31.5 Å². The predicted molar refractivity (Wildman–Crippen MR) is 115 cm³/mol. The van der Waals surface area contributed by atoms with Crippen molar-refractivity contribution < 1.29 is 22.7 Å². The summed E-state index contributed by atoms with van der Waals surface area (Å²) in [7, 11) is -3.64. The molecule has 0 radical (unpaired) electrons. The third-order valence-electron chi connectivity index (χ3n) is 4.75. The van der Waals surface area contributed by atoms with Gasteiger partial charge in [-0.05, 0) is 35.9 Å². The minimum Gasteiger partial charge on any atom is -0.489 e. The van der Waals surface area contributed by atoms with Crippen LogP contribution in [-0.4, -0.2) is 44.9 Å². The van der Waals surface area contributed by atoms with E-state index in [1.165, 1.54) is 16.4 Å². The number of amides is 1. The molecule has 1 N–H and O–H groups in total. The quantitative estimate of drug-likeness (QED) is 0.695. The lowest BCUT2D eigenvalue weighted by molar-refractivity contribution is 0.0950. The number of carbonyl (C=O) groups excluding carboxylic acids is 1. The first kappa shape index (κ1) is 22.4. The fourth-order valence-corrected chi connectivity index (χ4v) is 4.97. The van der Waals surface area contributed by atoms with E-state index in [0.717, 1.165) is 12.0 Å². The van der Waals surface area contributed by atoms with Crippen LogP contribution >= 0.6 is 11.6 Å². The molecule has 0 aromatic heterocycles. The molecule has 9 heteroatoms. The van der Waals surface area contributed by atoms with E-state index >= 15 is 0 Å². The molecule has 162 valence electrons. The van der Waals surface area contributed by atoms with Crippen LogP contribution in [0.15, 0.2) is 41.3 Å². The van der Waals surface area contributed by atoms with Crippen LogP contribution in [0.2, 0.25) is 5.02 Å². The lowest BCUT2D eigenvalue weighted by Crippen LogP contribution is -2.31. The summed E-state index contributed by atoms with van der Waals surface area (Å²) in [5.41, 5.74) is 1.02. The minimum absolute atomic E-state index is 0.0949. The Balaban J connectivity index is 1.75. The van der Waals surface area contributed by atoms with Crippen molar-refractivity contribution in [3.63, 3.8) is 0 Å². The molecule has 0 saturated heterocycles. The molecule has 7 nitrogen and oxygen atoms in total. The maximum atomic E-state index is 12.7. The minimum atomic E-state index is -3.64. The van der Waals surface area contributed by atoms with Gasteiger partial charge in [0.2, 0.25) is 10.0 Å². The van der Waals surface area contributed by atoms with Gasteiger partial charge in [-0.2, -0.15) is 4.31 Å². The van der Waals surface area contributed by atoms with Crippen LogP contribution in [-0.2, 0) is 16.6 Å². The number of hydrogen-bond acceptors (Lipinski definition) is 5. The van der Waals surface area contributed by atoms with E-state index in [9.17, 15) is 13.2 Å². The number of nitrogens with zero attached hydrogens (tertiary/aromatic N) is 1. The molecule has 30 heavy (non-hydrogen) atoms. The molecule has 1 aliphatic rings. The Morgan fingerprint density at radius 3 is 2.60 bits per heavy atom. The summed E-state index contributed by atoms with van der Waals surface area (Å²) in [6.07, 6.45) is 0.768. The molecule has 0 saturated carbocycles. The molecule has 3 rings (SSSR count). The Kier molecular flexibility index (Phi) is 7.23. The van der Waals surface area contributed by atoms with Crippen molar-refractivity contribution in [3.05, 3.63) is 52.5 Å². The van der Waals surface area contributed by atoms with Gasteiger partial charge >= 0.3 is 0 Å². The molecular formula is C21H25ClN2O5S. The Labute approximate surface area is 182 Å². The van der Waals surface area contributed by atoms with Gasteiger partial charge in [0.25, 0.3) is 5.91 Å². The number of ether oxygens (including phenoxy) is 2. The van der Waals surface area contributed by atoms with Crippen LogP contribution in [0.5, 0.6) is 11.5 Å². The number of fused-ring (bicyclic) bond motifs is 1. The van der Waals surface area contributed by atoms with Gasteiger partial charge in [0.15, 0.2) is 11.5 Å². The van der Waals surface area contributed by atoms with Crippen LogP contribution < -0.4 is 14.8 Å². The van der Waals surface area contributed by atoms with Crippen molar-refractivity contribution in [1.82, 2.24) is 9.62 Å². The number of carbonyl (C=O) groups is 1. The Morgan fingerprint density at radius 2 is 1.87 bits per heavy atom. The molecule has 0 unspecified atom stereocenters. The molecule has 0 fully saturated rings. The standard InChI is InChI=1S/C21H25ClN2O5S/c1-3-24(4-2)30(26,27)17-8-5-7-16(13-17)21(25)23-14-15-11-18(22)20-19(12-15)28-9-6-10-29-20/h5,7-8,11-13H,3-4,6,9-10,14H2,1-2H3,(H,23,25). The zero-order chi connectivity index (χ0) is 21.7. The van der Waals surface area contributed by atoms with E-state index < -0.39 is 10.0 Å². The molecule has 0 aliphatic carbocycles. The number of hydrogen-bond donors (Lipinski definition) is 1. The van der Waals surface area contributed by atoms with Gasteiger partial charge in [-0.25, -0.2) is 8.42 Å². The van der Waals surface area contributed by atoms with Crippen LogP contribution in [0.25, 0.3) is 0 Å². The summed E-state index contributed by atoms with van der Waals surface area (Å²) in [4.78, 5) is 12.7. The number of halogens is 1. The first-order valence-corrected chi connectivity index (χ1v) is 11.6. The van der Waals surface area contributed by atoms with Crippen molar-refractivity contribution in [2.24, 2.45) is 0 Å². The highest BCUT2D eigenvalue weighted by atomic mass is 35.5. The zero-order valence-corrected chi connectivity index (χ0v) is 18.6. The fourth-order valence-electron chi connectivity index (χ4n) is 3.18. The van der Waals surface area contributed by atoms with Crippen molar-refractivity contribution >= 4 is 27.5 Å². The third kappa shape index (κ3) is 4.88. The van der Waals surface area contributed by atoms with Crippen LogP contribution in [0.3, 0.4) is 0 Å². The summed E-state index contributed by atoms with van der Waals surface area (Å²) in [6, 6.07) is 9.54. The van der Waals surface area contributed by atoms with Crippen LogP contribution in [0.4, 0.5) is 0 Å². The summed E-state index contributed by atoms with van der Waals surface area (Å²) >= 11 is 6.29. The second kappa shape index (κ2) is 9.68. The summed E-state index contributed by atoms with van der Waals surface area (Å²) in [5, 5.41) is 3.22. The molecule has 1 heterocycles. The molecule has 0 bridgehead atoms. The van der Waals surface area contributed by atoms with Crippen molar-refractivity contribution in [2.75, 3.05) is 26.3 Å². The fraction of sp³-hybridized carbons (Fsp3) is 0.381. The maximum Gasteiger partial charge on any atom is 0.251 e. The predicted octanol–water partition coefficient (Wildman–Crippen LogP) is 3.46. The van der Waals surface area contributed by atoms with Crippen molar-refractivity contribution in [2.45, 2.75) is 31.7 Å². The largest absolute Gasteiger partial charge is 0.489 e. The Hall–Kier alpha value is -2.29. The highest BCUT2D eigenvalue weighted by Crippen LogP contribution is 2.38. The lowest BCUT2D eigenvalue weighted by Gasteiger charge is -2.18. The first-order chi connectivity index (χ1) is 14.4. The number of benzene rings is 2. The van der Waals surface area contributed by atoms with E-state index in [2.05, 4.69) is 5.32 Å². The molecule has 1 amide bonds. The van der Waals surface area contributed by atoms with Crippen molar-refractivity contribution in [1.29, 1.82) is 0 Å². The van der Waals surface area contributed by atoms with Crippen molar-refractivity contribution in [3.8, 4) is 11.5 Å². The van der Waals surface area contributed by atoms with Gasteiger partial charge in [0.1, 0.15) is 0 Å². The first-order valence-electron chi connectivity index (χ1n) is 9.83. The highest BCUT2D eigenvalue weighted by molar-refractivity contribution is 7.89. The summed E-state index contributed by atoms with van der Waals surface area (Å²) in [6.45, 7) is 5.56. The molecule has 0 atom stereocenters. The van der Waals surface area contributed by atoms with E-state index in [0.29, 0.717) is 42.8 Å². The van der Waals surface area contributed by atoms with Gasteiger partial charge in [0, 0.05) is 31.6 Å².